The summed E-state index contributed by atoms with van der Waals surface area (Å²) >= 11 is 3.44. The van der Waals surface area contributed by atoms with E-state index in [0.717, 1.165) is 41.5 Å². The molecular formula is C15H21BrO2. The molecule has 2 unspecified atom stereocenters. The molecule has 0 bridgehead atoms. The molecule has 18 heavy (non-hydrogen) atoms. The first kappa shape index (κ1) is 14.0. The predicted molar refractivity (Wildman–Crippen MR) is 76.7 cm³/mol. The second-order valence-corrected chi connectivity index (χ2v) is 6.00. The number of aliphatic hydroxyl groups excluding tert-OH is 1. The van der Waals surface area contributed by atoms with Gasteiger partial charge in [-0.05, 0) is 62.3 Å². The summed E-state index contributed by atoms with van der Waals surface area (Å²) in [5.41, 5.74) is 2.19. The van der Waals surface area contributed by atoms with E-state index >= 15 is 0 Å². The number of ether oxygens (including phenoxy) is 1. The molecule has 3 heteroatoms. The van der Waals surface area contributed by atoms with Crippen LogP contribution < -0.4 is 0 Å². The predicted octanol–water partition coefficient (Wildman–Crippen LogP) is 4.14. The minimum atomic E-state index is -0.348. The standard InChI is InChI=1S/C15H21BrO2/c1-11-10-12(16)7-8-14(11)15(17)6-2-4-13-5-3-9-18-13/h7-8,10,13,15,17H,2-6,9H2,1H3. The lowest BCUT2D eigenvalue weighted by Gasteiger charge is -2.15. The second-order valence-electron chi connectivity index (χ2n) is 5.08. The van der Waals surface area contributed by atoms with Gasteiger partial charge in [0.25, 0.3) is 0 Å². The van der Waals surface area contributed by atoms with Gasteiger partial charge in [-0.15, -0.1) is 0 Å². The largest absolute Gasteiger partial charge is 0.388 e. The lowest BCUT2D eigenvalue weighted by molar-refractivity contribution is 0.0944. The van der Waals surface area contributed by atoms with Crippen molar-refractivity contribution < 1.29 is 9.84 Å². The van der Waals surface area contributed by atoms with Gasteiger partial charge in [-0.25, -0.2) is 0 Å². The Morgan fingerprint density at radius 2 is 2.33 bits per heavy atom. The zero-order chi connectivity index (χ0) is 13.0. The molecule has 1 aromatic rings. The zero-order valence-electron chi connectivity index (χ0n) is 10.9. The van der Waals surface area contributed by atoms with Crippen molar-refractivity contribution in [2.24, 2.45) is 0 Å². The highest BCUT2D eigenvalue weighted by Crippen LogP contribution is 2.26. The van der Waals surface area contributed by atoms with Crippen LogP contribution in [-0.4, -0.2) is 17.8 Å². The highest BCUT2D eigenvalue weighted by atomic mass is 79.9. The molecule has 1 N–H and O–H groups in total. The van der Waals surface area contributed by atoms with Crippen LogP contribution in [0.3, 0.4) is 0 Å². The highest BCUT2D eigenvalue weighted by molar-refractivity contribution is 9.10. The lowest BCUT2D eigenvalue weighted by atomic mass is 9.98. The molecule has 1 aliphatic heterocycles. The first-order chi connectivity index (χ1) is 8.66. The molecule has 2 nitrogen and oxygen atoms in total. The maximum absolute atomic E-state index is 10.2. The molecule has 0 amide bonds. The van der Waals surface area contributed by atoms with E-state index in [4.69, 9.17) is 4.74 Å². The van der Waals surface area contributed by atoms with Crippen molar-refractivity contribution >= 4 is 15.9 Å². The summed E-state index contributed by atoms with van der Waals surface area (Å²) in [5.74, 6) is 0. The van der Waals surface area contributed by atoms with Crippen molar-refractivity contribution in [2.75, 3.05) is 6.61 Å². The van der Waals surface area contributed by atoms with Crippen LogP contribution >= 0.6 is 15.9 Å². The number of rotatable bonds is 5. The number of halogens is 1. The van der Waals surface area contributed by atoms with Gasteiger partial charge in [0.05, 0.1) is 12.2 Å². The van der Waals surface area contributed by atoms with Gasteiger partial charge in [0.1, 0.15) is 0 Å². The lowest BCUT2D eigenvalue weighted by Crippen LogP contribution is -2.06. The van der Waals surface area contributed by atoms with E-state index in [1.165, 1.54) is 12.8 Å². The Labute approximate surface area is 117 Å². The third kappa shape index (κ3) is 3.81. The van der Waals surface area contributed by atoms with Gasteiger partial charge < -0.3 is 9.84 Å². The number of aliphatic hydroxyl groups is 1. The Morgan fingerprint density at radius 1 is 1.50 bits per heavy atom. The van der Waals surface area contributed by atoms with E-state index < -0.39 is 0 Å². The van der Waals surface area contributed by atoms with Crippen molar-refractivity contribution in [2.45, 2.75) is 51.2 Å². The molecule has 0 spiro atoms. The van der Waals surface area contributed by atoms with Gasteiger partial charge in [0.2, 0.25) is 0 Å². The molecule has 100 valence electrons. The van der Waals surface area contributed by atoms with Gasteiger partial charge in [0, 0.05) is 11.1 Å². The van der Waals surface area contributed by atoms with Gasteiger partial charge in [-0.1, -0.05) is 22.0 Å². The van der Waals surface area contributed by atoms with Gasteiger partial charge >= 0.3 is 0 Å². The van der Waals surface area contributed by atoms with Crippen molar-refractivity contribution in [3.63, 3.8) is 0 Å². The fourth-order valence-corrected chi connectivity index (χ4v) is 3.05. The average molecular weight is 313 g/mol. The molecule has 0 radical (unpaired) electrons. The minimum Gasteiger partial charge on any atom is -0.388 e. The molecule has 0 aromatic heterocycles. The zero-order valence-corrected chi connectivity index (χ0v) is 12.4. The summed E-state index contributed by atoms with van der Waals surface area (Å²) in [5, 5.41) is 10.2. The normalized spacial score (nSPS) is 21.2. The quantitative estimate of drug-likeness (QED) is 0.885. The van der Waals surface area contributed by atoms with Crippen molar-refractivity contribution in [1.82, 2.24) is 0 Å². The Balaban J connectivity index is 1.81. The molecule has 2 rings (SSSR count). The molecular weight excluding hydrogens is 292 g/mol. The molecule has 0 saturated carbocycles. The van der Waals surface area contributed by atoms with E-state index in [2.05, 4.69) is 22.0 Å². The van der Waals surface area contributed by atoms with E-state index in [1.807, 2.05) is 19.1 Å². The van der Waals surface area contributed by atoms with Gasteiger partial charge in [-0.2, -0.15) is 0 Å². The number of aryl methyl sites for hydroxylation is 1. The maximum Gasteiger partial charge on any atom is 0.0792 e. The Hall–Kier alpha value is -0.380. The van der Waals surface area contributed by atoms with Crippen LogP contribution in [0.5, 0.6) is 0 Å². The SMILES string of the molecule is Cc1cc(Br)ccc1C(O)CCCC1CCCO1. The van der Waals surface area contributed by atoms with Gasteiger partial charge in [-0.3, -0.25) is 0 Å². The molecule has 0 aliphatic carbocycles. The summed E-state index contributed by atoms with van der Waals surface area (Å²) in [4.78, 5) is 0. The maximum atomic E-state index is 10.2. The fourth-order valence-electron chi connectivity index (χ4n) is 2.58. The summed E-state index contributed by atoms with van der Waals surface area (Å²) in [7, 11) is 0. The smallest absolute Gasteiger partial charge is 0.0792 e. The molecule has 1 aromatic carbocycles. The third-order valence-electron chi connectivity index (χ3n) is 3.62. The third-order valence-corrected chi connectivity index (χ3v) is 4.11. The van der Waals surface area contributed by atoms with Crippen LogP contribution in [0.1, 0.15) is 49.3 Å². The fraction of sp³-hybridized carbons (Fsp3) is 0.600. The molecule has 1 fully saturated rings. The molecule has 1 saturated heterocycles. The summed E-state index contributed by atoms with van der Waals surface area (Å²) in [6.07, 6.45) is 5.39. The first-order valence-corrected chi connectivity index (χ1v) is 7.52. The van der Waals surface area contributed by atoms with Crippen LogP contribution in [-0.2, 0) is 4.74 Å². The minimum absolute atomic E-state index is 0.348. The molecule has 1 heterocycles. The Kier molecular flexibility index (Phi) is 5.22. The average Bonchev–Trinajstić information content (AvgIpc) is 2.81. The topological polar surface area (TPSA) is 29.5 Å². The van der Waals surface area contributed by atoms with Crippen LogP contribution in [0.4, 0.5) is 0 Å². The Bertz CT molecular complexity index is 386. The van der Waals surface area contributed by atoms with Crippen LogP contribution in [0.2, 0.25) is 0 Å². The van der Waals surface area contributed by atoms with Crippen LogP contribution in [0.15, 0.2) is 22.7 Å². The highest BCUT2D eigenvalue weighted by Gasteiger charge is 2.16. The van der Waals surface area contributed by atoms with Crippen molar-refractivity contribution in [3.05, 3.63) is 33.8 Å². The Morgan fingerprint density at radius 3 is 3.00 bits per heavy atom. The van der Waals surface area contributed by atoms with Gasteiger partial charge in [0.15, 0.2) is 0 Å². The van der Waals surface area contributed by atoms with Crippen LogP contribution in [0, 0.1) is 6.92 Å². The first-order valence-electron chi connectivity index (χ1n) is 6.72. The monoisotopic (exact) mass is 312 g/mol. The number of hydrogen-bond acceptors (Lipinski definition) is 2. The number of benzene rings is 1. The second kappa shape index (κ2) is 6.69. The number of hydrogen-bond donors (Lipinski definition) is 1. The summed E-state index contributed by atoms with van der Waals surface area (Å²) in [6.45, 7) is 2.96. The van der Waals surface area contributed by atoms with Crippen LogP contribution in [0.25, 0.3) is 0 Å². The van der Waals surface area contributed by atoms with E-state index in [-0.39, 0.29) is 6.10 Å². The molecule has 1 aliphatic rings. The van der Waals surface area contributed by atoms with E-state index in [0.29, 0.717) is 6.10 Å². The summed E-state index contributed by atoms with van der Waals surface area (Å²) < 4.78 is 6.66. The molecule has 2 atom stereocenters. The van der Waals surface area contributed by atoms with E-state index in [1.54, 1.807) is 0 Å². The van der Waals surface area contributed by atoms with Crippen molar-refractivity contribution in [1.29, 1.82) is 0 Å². The van der Waals surface area contributed by atoms with Crippen molar-refractivity contribution in [3.8, 4) is 0 Å². The summed E-state index contributed by atoms with van der Waals surface area (Å²) in [6, 6.07) is 6.06. The van der Waals surface area contributed by atoms with E-state index in [9.17, 15) is 5.11 Å².